The van der Waals surface area contributed by atoms with Crippen molar-refractivity contribution < 1.29 is 35.8 Å². The quantitative estimate of drug-likeness (QED) is 0.423. The molecule has 0 aromatic heterocycles. The fourth-order valence-electron chi connectivity index (χ4n) is 5.29. The average Bonchev–Trinajstić information content (AvgIpc) is 3.09. The second-order valence-corrected chi connectivity index (χ2v) is 8.83. The number of nitrogens with one attached hydrogen (secondary N) is 1. The maximum atomic E-state index is 14.6. The minimum atomic E-state index is -6.03. The Hall–Kier alpha value is -0.610. The van der Waals surface area contributed by atoms with Gasteiger partial charge in [-0.2, -0.15) is 26.3 Å². The molecular formula is C19H31F7N2O. The van der Waals surface area contributed by atoms with Gasteiger partial charge < -0.3 is 10.8 Å². The highest BCUT2D eigenvalue weighted by Gasteiger charge is 2.76. The molecule has 2 fully saturated rings. The molecule has 3 nitrogen and oxygen atoms in total. The lowest BCUT2D eigenvalue weighted by Crippen LogP contribution is -2.62. The molecule has 0 radical (unpaired) electrons. The van der Waals surface area contributed by atoms with E-state index in [0.717, 1.165) is 19.3 Å². The molecule has 4 N–H and O–H groups in total. The molecule has 0 spiro atoms. The van der Waals surface area contributed by atoms with Gasteiger partial charge >= 0.3 is 18.0 Å². The Bertz CT molecular complexity index is 526. The number of hydrogen-bond acceptors (Lipinski definition) is 3. The summed E-state index contributed by atoms with van der Waals surface area (Å²) in [5.41, 5.74) is 0.420. The van der Waals surface area contributed by atoms with Gasteiger partial charge in [-0.1, -0.05) is 20.3 Å². The third-order valence-electron chi connectivity index (χ3n) is 7.00. The number of rotatable bonds is 6. The Morgan fingerprint density at radius 1 is 1.00 bits per heavy atom. The number of aliphatic hydroxyl groups is 1. The summed E-state index contributed by atoms with van der Waals surface area (Å²) in [6.45, 7) is 3.68. The fourth-order valence-corrected chi connectivity index (χ4v) is 5.29. The summed E-state index contributed by atoms with van der Waals surface area (Å²) in [6.07, 6.45) is -11.4. The zero-order valence-corrected chi connectivity index (χ0v) is 16.7. The molecule has 0 aromatic rings. The third-order valence-corrected chi connectivity index (χ3v) is 7.00. The number of aliphatic hydroxyl groups excluding tert-OH is 1. The van der Waals surface area contributed by atoms with E-state index in [0.29, 0.717) is 12.5 Å². The maximum Gasteiger partial charge on any atom is 0.431 e. The Balaban J connectivity index is 2.15. The molecular weight excluding hydrogens is 405 g/mol. The molecule has 7 atom stereocenters. The lowest BCUT2D eigenvalue weighted by molar-refractivity contribution is -0.362. The summed E-state index contributed by atoms with van der Waals surface area (Å²) in [7, 11) is 0. The van der Waals surface area contributed by atoms with Crippen molar-refractivity contribution in [2.24, 2.45) is 35.3 Å². The van der Waals surface area contributed by atoms with Crippen molar-refractivity contribution in [2.45, 2.75) is 82.7 Å². The summed E-state index contributed by atoms with van der Waals surface area (Å²) in [4.78, 5) is 0. The Morgan fingerprint density at radius 3 is 2.03 bits per heavy atom. The smallest absolute Gasteiger partial charge is 0.378 e. The summed E-state index contributed by atoms with van der Waals surface area (Å²) in [5, 5.41) is 13.6. The van der Waals surface area contributed by atoms with Crippen LogP contribution < -0.4 is 11.1 Å². The van der Waals surface area contributed by atoms with Crippen LogP contribution in [0, 0.1) is 29.6 Å². The van der Waals surface area contributed by atoms with Crippen LogP contribution in [-0.4, -0.2) is 41.9 Å². The van der Waals surface area contributed by atoms with E-state index in [1.165, 1.54) is 6.92 Å². The van der Waals surface area contributed by atoms with E-state index in [4.69, 9.17) is 5.73 Å². The first-order chi connectivity index (χ1) is 13.3. The van der Waals surface area contributed by atoms with Crippen LogP contribution in [-0.2, 0) is 0 Å². The van der Waals surface area contributed by atoms with Gasteiger partial charge in [0.1, 0.15) is 6.23 Å². The van der Waals surface area contributed by atoms with Crippen LogP contribution in [0.25, 0.3) is 0 Å². The molecule has 172 valence electrons. The largest absolute Gasteiger partial charge is 0.431 e. The van der Waals surface area contributed by atoms with Gasteiger partial charge in [0, 0.05) is 12.0 Å². The Labute approximate surface area is 166 Å². The van der Waals surface area contributed by atoms with Crippen LogP contribution in [0.3, 0.4) is 0 Å². The van der Waals surface area contributed by atoms with Gasteiger partial charge in [-0.05, 0) is 62.3 Å². The predicted octanol–water partition coefficient (Wildman–Crippen LogP) is 4.54. The van der Waals surface area contributed by atoms with Gasteiger partial charge in [-0.25, -0.2) is 4.39 Å². The summed E-state index contributed by atoms with van der Waals surface area (Å²) in [5.74, 6) is -3.22. The fraction of sp³-hybridized carbons (Fsp3) is 1.00. The maximum absolute atomic E-state index is 14.6. The van der Waals surface area contributed by atoms with Crippen molar-refractivity contribution in [3.05, 3.63) is 0 Å². The average molecular weight is 436 g/mol. The van der Waals surface area contributed by atoms with Gasteiger partial charge in [0.25, 0.3) is 0 Å². The van der Waals surface area contributed by atoms with Crippen molar-refractivity contribution in [1.29, 1.82) is 0 Å². The second kappa shape index (κ2) is 8.86. The first kappa shape index (κ1) is 24.7. The molecule has 0 bridgehead atoms. The van der Waals surface area contributed by atoms with Gasteiger partial charge in [0.2, 0.25) is 0 Å². The van der Waals surface area contributed by atoms with E-state index in [1.54, 1.807) is 6.92 Å². The predicted molar refractivity (Wildman–Crippen MR) is 94.4 cm³/mol. The SMILES string of the molecule is CCC1CC(C(F)(C(F)(F)F)C(F)(F)F)CC(C)C1NC(O)C1CCC(CN)C1. The molecule has 29 heavy (non-hydrogen) atoms. The number of hydrogen-bond donors (Lipinski definition) is 3. The zero-order valence-electron chi connectivity index (χ0n) is 16.7. The molecule has 0 aromatic carbocycles. The summed E-state index contributed by atoms with van der Waals surface area (Å²) >= 11 is 0. The van der Waals surface area contributed by atoms with Crippen LogP contribution in [0.4, 0.5) is 30.7 Å². The molecule has 2 saturated carbocycles. The van der Waals surface area contributed by atoms with Crippen molar-refractivity contribution in [3.8, 4) is 0 Å². The highest BCUT2D eigenvalue weighted by Crippen LogP contribution is 2.56. The lowest BCUT2D eigenvalue weighted by atomic mass is 9.66. The van der Waals surface area contributed by atoms with E-state index >= 15 is 0 Å². The zero-order chi connectivity index (χ0) is 22.2. The first-order valence-corrected chi connectivity index (χ1v) is 10.2. The second-order valence-electron chi connectivity index (χ2n) is 8.83. The molecule has 2 aliphatic rings. The lowest BCUT2D eigenvalue weighted by Gasteiger charge is -2.47. The first-order valence-electron chi connectivity index (χ1n) is 10.2. The molecule has 10 heteroatoms. The highest BCUT2D eigenvalue weighted by molar-refractivity contribution is 5.04. The number of alkyl halides is 7. The molecule has 2 rings (SSSR count). The van der Waals surface area contributed by atoms with Crippen LogP contribution in [0.5, 0.6) is 0 Å². The Kier molecular flexibility index (Phi) is 7.54. The van der Waals surface area contributed by atoms with E-state index in [-0.39, 0.29) is 12.3 Å². The minimum Gasteiger partial charge on any atom is -0.378 e. The van der Waals surface area contributed by atoms with Crippen LogP contribution in [0.1, 0.15) is 52.4 Å². The number of nitrogens with two attached hydrogens (primary N) is 1. The minimum absolute atomic E-state index is 0.0587. The van der Waals surface area contributed by atoms with Crippen molar-refractivity contribution in [2.75, 3.05) is 6.54 Å². The normalized spacial score (nSPS) is 35.7. The highest BCUT2D eigenvalue weighted by atomic mass is 19.4. The van der Waals surface area contributed by atoms with Gasteiger partial charge in [-0.3, -0.25) is 5.32 Å². The molecule has 2 aliphatic carbocycles. The monoisotopic (exact) mass is 436 g/mol. The topological polar surface area (TPSA) is 58.3 Å². The van der Waals surface area contributed by atoms with E-state index in [1.807, 2.05) is 0 Å². The molecule has 0 heterocycles. The van der Waals surface area contributed by atoms with Gasteiger partial charge in [0.15, 0.2) is 0 Å². The molecule has 0 amide bonds. The molecule has 0 saturated heterocycles. The number of halogens is 7. The van der Waals surface area contributed by atoms with Crippen LogP contribution >= 0.6 is 0 Å². The summed E-state index contributed by atoms with van der Waals surface area (Å²) < 4.78 is 93.5. The van der Waals surface area contributed by atoms with Gasteiger partial charge in [-0.15, -0.1) is 0 Å². The standard InChI is InChI=1S/C19H31F7N2O/c1-3-12-8-14(17(20,18(21,22)23)19(24,25)26)6-10(2)15(12)28-16(29)13-5-4-11(7-13)9-27/h10-16,28-29H,3-9,27H2,1-2H3. The van der Waals surface area contributed by atoms with Crippen LogP contribution in [0.2, 0.25) is 0 Å². The van der Waals surface area contributed by atoms with Crippen molar-refractivity contribution in [3.63, 3.8) is 0 Å². The van der Waals surface area contributed by atoms with E-state index < -0.39 is 60.9 Å². The van der Waals surface area contributed by atoms with Gasteiger partial charge in [0.05, 0.1) is 0 Å². The van der Waals surface area contributed by atoms with E-state index in [9.17, 15) is 35.8 Å². The van der Waals surface area contributed by atoms with Crippen molar-refractivity contribution >= 4 is 0 Å². The molecule has 0 aliphatic heterocycles. The molecule has 7 unspecified atom stereocenters. The third kappa shape index (κ3) is 4.84. The van der Waals surface area contributed by atoms with E-state index in [2.05, 4.69) is 5.32 Å². The Morgan fingerprint density at radius 2 is 1.59 bits per heavy atom. The van der Waals surface area contributed by atoms with Crippen LogP contribution in [0.15, 0.2) is 0 Å². The summed E-state index contributed by atoms with van der Waals surface area (Å²) in [6, 6.07) is -0.478. The van der Waals surface area contributed by atoms with Crippen molar-refractivity contribution in [1.82, 2.24) is 5.32 Å².